The minimum Gasteiger partial charge on any atom is -0.254 e. The third-order valence-electron chi connectivity index (χ3n) is 2.42. The van der Waals surface area contributed by atoms with Crippen LogP contribution < -0.4 is 0 Å². The van der Waals surface area contributed by atoms with Crippen LogP contribution in [0.4, 0.5) is 0 Å². The largest absolute Gasteiger partial charge is 0.254 e. The van der Waals surface area contributed by atoms with Crippen molar-refractivity contribution in [3.05, 3.63) is 65.7 Å². The van der Waals surface area contributed by atoms with Crippen LogP contribution >= 0.6 is 0 Å². The molecule has 0 saturated heterocycles. The Morgan fingerprint density at radius 2 is 1.56 bits per heavy atom. The van der Waals surface area contributed by atoms with E-state index in [0.717, 1.165) is 10.5 Å². The average Bonchev–Trinajstić information content (AvgIpc) is 2.33. The first kappa shape index (κ1) is 11.1. The van der Waals surface area contributed by atoms with Gasteiger partial charge in [-0.3, -0.25) is 4.21 Å². The number of hydrogen-bond donors (Lipinski definition) is 0. The molecule has 2 aromatic rings. The molecule has 0 spiro atoms. The number of hydrogen-bond acceptors (Lipinski definition) is 1. The molecule has 2 aromatic carbocycles. The van der Waals surface area contributed by atoms with E-state index in [1.54, 1.807) is 0 Å². The monoisotopic (exact) mass is 230 g/mol. The molecule has 0 radical (unpaired) electrons. The van der Waals surface area contributed by atoms with Crippen LogP contribution in [0.5, 0.6) is 0 Å². The number of aryl methyl sites for hydroxylation is 1. The lowest BCUT2D eigenvalue weighted by atomic mass is 10.2. The Balaban J connectivity index is 2.11. The fourth-order valence-electron chi connectivity index (χ4n) is 1.49. The van der Waals surface area contributed by atoms with Crippen LogP contribution in [0.15, 0.2) is 59.5 Å². The lowest BCUT2D eigenvalue weighted by Gasteiger charge is -2.02. The predicted octanol–water partition coefficient (Wildman–Crippen LogP) is 3.30. The minimum absolute atomic E-state index is 0.588. The first-order valence-corrected chi connectivity index (χ1v) is 6.56. The maximum atomic E-state index is 12.0. The van der Waals surface area contributed by atoms with Gasteiger partial charge in [-0.1, -0.05) is 48.0 Å². The van der Waals surface area contributed by atoms with Gasteiger partial charge in [0.15, 0.2) is 0 Å². The molecular formula is C14H14OS. The molecule has 0 aromatic heterocycles. The molecule has 0 aliphatic heterocycles. The molecule has 0 unspecified atom stereocenters. The van der Waals surface area contributed by atoms with E-state index in [1.165, 1.54) is 5.56 Å². The first-order valence-electron chi connectivity index (χ1n) is 5.25. The lowest BCUT2D eigenvalue weighted by molar-refractivity contribution is 0.682. The zero-order chi connectivity index (χ0) is 11.4. The quantitative estimate of drug-likeness (QED) is 0.790. The predicted molar refractivity (Wildman–Crippen MR) is 67.7 cm³/mol. The molecule has 0 bridgehead atoms. The molecule has 0 fully saturated rings. The number of benzene rings is 2. The highest BCUT2D eigenvalue weighted by Crippen LogP contribution is 2.12. The maximum Gasteiger partial charge on any atom is 0.0574 e. The van der Waals surface area contributed by atoms with Crippen molar-refractivity contribution in [2.75, 3.05) is 0 Å². The maximum absolute atomic E-state index is 12.0. The molecule has 16 heavy (non-hydrogen) atoms. The molecule has 0 N–H and O–H groups in total. The number of rotatable bonds is 3. The Kier molecular flexibility index (Phi) is 3.52. The van der Waals surface area contributed by atoms with Crippen LogP contribution in [0.2, 0.25) is 0 Å². The highest BCUT2D eigenvalue weighted by atomic mass is 32.2. The fourth-order valence-corrected chi connectivity index (χ4v) is 2.61. The van der Waals surface area contributed by atoms with E-state index in [1.807, 2.05) is 42.5 Å². The molecular weight excluding hydrogens is 216 g/mol. The van der Waals surface area contributed by atoms with Crippen molar-refractivity contribution in [3.8, 4) is 0 Å². The lowest BCUT2D eigenvalue weighted by Crippen LogP contribution is -1.96. The average molecular weight is 230 g/mol. The molecule has 1 atom stereocenters. The van der Waals surface area contributed by atoms with Gasteiger partial charge in [-0.25, -0.2) is 0 Å². The second-order valence-electron chi connectivity index (χ2n) is 3.79. The molecule has 0 aliphatic rings. The Hall–Kier alpha value is -1.41. The van der Waals surface area contributed by atoms with E-state index in [2.05, 4.69) is 19.1 Å². The van der Waals surface area contributed by atoms with Crippen LogP contribution in [0.1, 0.15) is 11.1 Å². The summed E-state index contributed by atoms with van der Waals surface area (Å²) in [7, 11) is -0.941. The normalized spacial score (nSPS) is 12.3. The summed E-state index contributed by atoms with van der Waals surface area (Å²) in [5.41, 5.74) is 2.35. The third-order valence-corrected chi connectivity index (χ3v) is 3.82. The van der Waals surface area contributed by atoms with Crippen LogP contribution in [0.25, 0.3) is 0 Å². The second-order valence-corrected chi connectivity index (χ2v) is 5.24. The van der Waals surface area contributed by atoms with E-state index in [0.29, 0.717) is 5.75 Å². The van der Waals surface area contributed by atoms with Crippen molar-refractivity contribution in [3.63, 3.8) is 0 Å². The molecule has 2 heteroatoms. The minimum atomic E-state index is -0.941. The van der Waals surface area contributed by atoms with Crippen LogP contribution in [-0.4, -0.2) is 4.21 Å². The highest BCUT2D eigenvalue weighted by molar-refractivity contribution is 7.84. The summed E-state index contributed by atoms with van der Waals surface area (Å²) in [5, 5.41) is 0. The summed E-state index contributed by atoms with van der Waals surface area (Å²) < 4.78 is 12.0. The van der Waals surface area contributed by atoms with Gasteiger partial charge >= 0.3 is 0 Å². The van der Waals surface area contributed by atoms with Gasteiger partial charge in [0, 0.05) is 4.90 Å². The van der Waals surface area contributed by atoms with Gasteiger partial charge in [0.25, 0.3) is 0 Å². The molecule has 1 nitrogen and oxygen atoms in total. The standard InChI is InChI=1S/C14H14OS/c1-12-7-9-13(10-8-12)11-16(15)14-5-3-2-4-6-14/h2-10H,11H2,1H3/t16-/m1/s1. The summed E-state index contributed by atoms with van der Waals surface area (Å²) in [6, 6.07) is 17.8. The van der Waals surface area contributed by atoms with Gasteiger partial charge < -0.3 is 0 Å². The van der Waals surface area contributed by atoms with E-state index in [-0.39, 0.29) is 0 Å². The Labute approximate surface area is 98.6 Å². The van der Waals surface area contributed by atoms with Crippen LogP contribution in [-0.2, 0) is 16.6 Å². The Morgan fingerprint density at radius 1 is 0.938 bits per heavy atom. The molecule has 0 amide bonds. The summed E-state index contributed by atoms with van der Waals surface area (Å²) in [6.07, 6.45) is 0. The van der Waals surface area contributed by atoms with Crippen molar-refractivity contribution in [2.45, 2.75) is 17.6 Å². The van der Waals surface area contributed by atoms with E-state index < -0.39 is 10.8 Å². The van der Waals surface area contributed by atoms with E-state index in [4.69, 9.17) is 0 Å². The van der Waals surface area contributed by atoms with Gasteiger partial charge in [0.2, 0.25) is 0 Å². The Morgan fingerprint density at radius 3 is 2.19 bits per heavy atom. The highest BCUT2D eigenvalue weighted by Gasteiger charge is 2.03. The Bertz CT molecular complexity index is 474. The third kappa shape index (κ3) is 2.80. The van der Waals surface area contributed by atoms with Crippen molar-refractivity contribution in [1.82, 2.24) is 0 Å². The van der Waals surface area contributed by atoms with Gasteiger partial charge in [-0.2, -0.15) is 0 Å². The summed E-state index contributed by atoms with van der Waals surface area (Å²) >= 11 is 0. The summed E-state index contributed by atoms with van der Waals surface area (Å²) in [4.78, 5) is 0.892. The summed E-state index contributed by atoms with van der Waals surface area (Å²) in [6.45, 7) is 2.05. The van der Waals surface area contributed by atoms with Crippen LogP contribution in [0, 0.1) is 6.92 Å². The van der Waals surface area contributed by atoms with Gasteiger partial charge in [-0.15, -0.1) is 0 Å². The zero-order valence-electron chi connectivity index (χ0n) is 9.22. The van der Waals surface area contributed by atoms with Crippen molar-refractivity contribution >= 4 is 10.8 Å². The van der Waals surface area contributed by atoms with E-state index >= 15 is 0 Å². The molecule has 0 saturated carbocycles. The molecule has 82 valence electrons. The SMILES string of the molecule is Cc1ccc(C[S@@](=O)c2ccccc2)cc1. The fraction of sp³-hybridized carbons (Fsp3) is 0.143. The topological polar surface area (TPSA) is 17.1 Å². The van der Waals surface area contributed by atoms with E-state index in [9.17, 15) is 4.21 Å². The molecule has 0 heterocycles. The second kappa shape index (κ2) is 5.08. The smallest absolute Gasteiger partial charge is 0.0574 e. The summed E-state index contributed by atoms with van der Waals surface area (Å²) in [5.74, 6) is 0.588. The molecule has 2 rings (SSSR count). The van der Waals surface area contributed by atoms with Crippen LogP contribution in [0.3, 0.4) is 0 Å². The van der Waals surface area contributed by atoms with Crippen molar-refractivity contribution in [1.29, 1.82) is 0 Å². The van der Waals surface area contributed by atoms with Gasteiger partial charge in [0.05, 0.1) is 16.6 Å². The zero-order valence-corrected chi connectivity index (χ0v) is 10.0. The molecule has 0 aliphatic carbocycles. The first-order chi connectivity index (χ1) is 7.75. The van der Waals surface area contributed by atoms with Crippen molar-refractivity contribution in [2.24, 2.45) is 0 Å². The van der Waals surface area contributed by atoms with Crippen molar-refractivity contribution < 1.29 is 4.21 Å². The van der Waals surface area contributed by atoms with Gasteiger partial charge in [0.1, 0.15) is 0 Å². The van der Waals surface area contributed by atoms with Gasteiger partial charge in [-0.05, 0) is 24.6 Å².